The normalized spacial score (nSPS) is 16.2. The topological polar surface area (TPSA) is 43.1 Å². The molecular weight excluding hydrogens is 223 g/mol. The SMILES string of the molecule is O=[N+]([O-])c1ccc(C2CC2)cc1C(F)(F)F. The highest BCUT2D eigenvalue weighted by atomic mass is 19.4. The molecule has 0 unspecified atom stereocenters. The molecule has 3 nitrogen and oxygen atoms in total. The number of halogens is 3. The lowest BCUT2D eigenvalue weighted by Crippen LogP contribution is -2.09. The van der Waals surface area contributed by atoms with E-state index in [2.05, 4.69) is 0 Å². The fourth-order valence-electron chi connectivity index (χ4n) is 1.61. The van der Waals surface area contributed by atoms with Crippen LogP contribution in [0.4, 0.5) is 18.9 Å². The van der Waals surface area contributed by atoms with E-state index in [9.17, 15) is 23.3 Å². The van der Waals surface area contributed by atoms with E-state index in [0.717, 1.165) is 25.0 Å². The average Bonchev–Trinajstić information content (AvgIpc) is 2.98. The molecule has 0 heterocycles. The number of nitro benzene ring substituents is 1. The van der Waals surface area contributed by atoms with Crippen molar-refractivity contribution < 1.29 is 18.1 Å². The van der Waals surface area contributed by atoms with Crippen LogP contribution < -0.4 is 0 Å². The summed E-state index contributed by atoms with van der Waals surface area (Å²) in [5.41, 5.74) is -1.49. The largest absolute Gasteiger partial charge is 0.423 e. The van der Waals surface area contributed by atoms with Crippen LogP contribution in [-0.2, 0) is 6.18 Å². The van der Waals surface area contributed by atoms with Gasteiger partial charge >= 0.3 is 6.18 Å². The molecule has 0 bridgehead atoms. The summed E-state index contributed by atoms with van der Waals surface area (Å²) in [6.07, 6.45) is -2.96. The summed E-state index contributed by atoms with van der Waals surface area (Å²) in [6.45, 7) is 0. The first kappa shape index (κ1) is 10.9. The molecule has 1 saturated carbocycles. The summed E-state index contributed by atoms with van der Waals surface area (Å²) in [5, 5.41) is 10.5. The molecule has 1 aromatic rings. The molecule has 0 spiro atoms. The van der Waals surface area contributed by atoms with Crippen molar-refractivity contribution in [2.24, 2.45) is 0 Å². The van der Waals surface area contributed by atoms with Crippen LogP contribution in [0.2, 0.25) is 0 Å². The molecule has 6 heteroatoms. The summed E-state index contributed by atoms with van der Waals surface area (Å²) in [4.78, 5) is 9.47. The van der Waals surface area contributed by atoms with E-state index in [1.54, 1.807) is 0 Å². The molecule has 0 aliphatic heterocycles. The van der Waals surface area contributed by atoms with E-state index in [0.29, 0.717) is 5.56 Å². The predicted octanol–water partition coefficient (Wildman–Crippen LogP) is 3.49. The molecule has 1 aliphatic carbocycles. The van der Waals surface area contributed by atoms with Gasteiger partial charge in [0.15, 0.2) is 0 Å². The lowest BCUT2D eigenvalue weighted by Gasteiger charge is -2.08. The van der Waals surface area contributed by atoms with Gasteiger partial charge in [-0.25, -0.2) is 0 Å². The minimum absolute atomic E-state index is 0.141. The molecule has 0 saturated heterocycles. The van der Waals surface area contributed by atoms with E-state index in [-0.39, 0.29) is 5.92 Å². The molecule has 1 fully saturated rings. The summed E-state index contributed by atoms with van der Waals surface area (Å²) >= 11 is 0. The molecule has 0 atom stereocenters. The molecule has 1 aromatic carbocycles. The van der Waals surface area contributed by atoms with E-state index < -0.39 is 22.4 Å². The van der Waals surface area contributed by atoms with Crippen LogP contribution in [0.3, 0.4) is 0 Å². The van der Waals surface area contributed by atoms with Crippen LogP contribution in [0.25, 0.3) is 0 Å². The van der Waals surface area contributed by atoms with Gasteiger partial charge in [-0.2, -0.15) is 13.2 Å². The van der Waals surface area contributed by atoms with Crippen molar-refractivity contribution in [3.63, 3.8) is 0 Å². The van der Waals surface area contributed by atoms with Crippen molar-refractivity contribution in [1.29, 1.82) is 0 Å². The van der Waals surface area contributed by atoms with Gasteiger partial charge in [0.2, 0.25) is 0 Å². The Labute approximate surface area is 89.0 Å². The van der Waals surface area contributed by atoms with Gasteiger partial charge in [-0.1, -0.05) is 6.07 Å². The Kier molecular flexibility index (Phi) is 2.36. The number of rotatable bonds is 2. The third kappa shape index (κ3) is 2.00. The van der Waals surface area contributed by atoms with Crippen LogP contribution in [0.5, 0.6) is 0 Å². The molecule has 16 heavy (non-hydrogen) atoms. The second-order valence-electron chi connectivity index (χ2n) is 3.81. The molecule has 2 rings (SSSR count). The summed E-state index contributed by atoms with van der Waals surface area (Å²) < 4.78 is 37.7. The maximum absolute atomic E-state index is 12.6. The maximum Gasteiger partial charge on any atom is 0.423 e. The number of hydrogen-bond acceptors (Lipinski definition) is 2. The van der Waals surface area contributed by atoms with Gasteiger partial charge in [-0.15, -0.1) is 0 Å². The highest BCUT2D eigenvalue weighted by Crippen LogP contribution is 2.44. The van der Waals surface area contributed by atoms with Crippen LogP contribution in [0.1, 0.15) is 29.9 Å². The number of nitrogens with zero attached hydrogens (tertiary/aromatic N) is 1. The third-order valence-electron chi connectivity index (χ3n) is 2.57. The molecule has 0 radical (unpaired) electrons. The average molecular weight is 231 g/mol. The first-order chi connectivity index (χ1) is 7.39. The summed E-state index contributed by atoms with van der Waals surface area (Å²) in [6, 6.07) is 3.25. The summed E-state index contributed by atoms with van der Waals surface area (Å²) in [5.74, 6) is 0.141. The van der Waals surface area contributed by atoms with Crippen molar-refractivity contribution >= 4 is 5.69 Å². The highest BCUT2D eigenvalue weighted by molar-refractivity contribution is 5.46. The van der Waals surface area contributed by atoms with Crippen molar-refractivity contribution in [2.75, 3.05) is 0 Å². The van der Waals surface area contributed by atoms with Crippen LogP contribution in [0, 0.1) is 10.1 Å². The van der Waals surface area contributed by atoms with Gasteiger partial charge < -0.3 is 0 Å². The number of nitro groups is 1. The Morgan fingerprint density at radius 1 is 1.31 bits per heavy atom. The lowest BCUT2D eigenvalue weighted by molar-refractivity contribution is -0.388. The number of benzene rings is 1. The zero-order chi connectivity index (χ0) is 11.9. The molecular formula is C10H8F3NO2. The smallest absolute Gasteiger partial charge is 0.258 e. The van der Waals surface area contributed by atoms with Gasteiger partial charge in [0.1, 0.15) is 5.56 Å². The van der Waals surface area contributed by atoms with Crippen molar-refractivity contribution in [3.05, 3.63) is 39.4 Å². The standard InChI is InChI=1S/C10H8F3NO2/c11-10(12,13)8-5-7(6-1-2-6)3-4-9(8)14(15)16/h3-6H,1-2H2. The Bertz CT molecular complexity index is 438. The zero-order valence-electron chi connectivity index (χ0n) is 8.12. The number of alkyl halides is 3. The van der Waals surface area contributed by atoms with Gasteiger partial charge in [-0.05, 0) is 30.4 Å². The predicted molar refractivity (Wildman–Crippen MR) is 50.1 cm³/mol. The van der Waals surface area contributed by atoms with E-state index >= 15 is 0 Å². The van der Waals surface area contributed by atoms with E-state index in [1.165, 1.54) is 6.07 Å². The molecule has 1 aliphatic rings. The summed E-state index contributed by atoms with van der Waals surface area (Å²) in [7, 11) is 0. The monoisotopic (exact) mass is 231 g/mol. The first-order valence-electron chi connectivity index (χ1n) is 4.75. The fraction of sp³-hybridized carbons (Fsp3) is 0.400. The third-order valence-corrected chi connectivity index (χ3v) is 2.57. The van der Waals surface area contributed by atoms with E-state index in [1.807, 2.05) is 0 Å². The van der Waals surface area contributed by atoms with Gasteiger partial charge in [0.05, 0.1) is 4.92 Å². The van der Waals surface area contributed by atoms with E-state index in [4.69, 9.17) is 0 Å². The Morgan fingerprint density at radius 2 is 1.94 bits per heavy atom. The van der Waals surface area contributed by atoms with Crippen LogP contribution >= 0.6 is 0 Å². The van der Waals surface area contributed by atoms with Gasteiger partial charge in [0, 0.05) is 6.07 Å². The zero-order valence-corrected chi connectivity index (χ0v) is 8.12. The minimum atomic E-state index is -4.67. The fourth-order valence-corrected chi connectivity index (χ4v) is 1.61. The Hall–Kier alpha value is -1.59. The number of hydrogen-bond donors (Lipinski definition) is 0. The maximum atomic E-state index is 12.6. The molecule has 86 valence electrons. The van der Waals surface area contributed by atoms with Crippen molar-refractivity contribution in [3.8, 4) is 0 Å². The highest BCUT2D eigenvalue weighted by Gasteiger charge is 2.39. The quantitative estimate of drug-likeness (QED) is 0.577. The Morgan fingerprint density at radius 3 is 2.38 bits per heavy atom. The van der Waals surface area contributed by atoms with Crippen LogP contribution in [0.15, 0.2) is 18.2 Å². The second kappa shape index (κ2) is 3.47. The Balaban J connectivity index is 2.50. The van der Waals surface area contributed by atoms with Crippen molar-refractivity contribution in [2.45, 2.75) is 24.9 Å². The molecule has 0 amide bonds. The minimum Gasteiger partial charge on any atom is -0.258 e. The lowest BCUT2D eigenvalue weighted by atomic mass is 10.0. The van der Waals surface area contributed by atoms with Crippen LogP contribution in [-0.4, -0.2) is 4.92 Å². The van der Waals surface area contributed by atoms with Crippen molar-refractivity contribution in [1.82, 2.24) is 0 Å². The second-order valence-corrected chi connectivity index (χ2v) is 3.81. The molecule has 0 N–H and O–H groups in total. The van der Waals surface area contributed by atoms with Gasteiger partial charge in [0.25, 0.3) is 5.69 Å². The van der Waals surface area contributed by atoms with Gasteiger partial charge in [-0.3, -0.25) is 10.1 Å². The first-order valence-corrected chi connectivity index (χ1v) is 4.75. The molecule has 0 aromatic heterocycles.